The van der Waals surface area contributed by atoms with Crippen molar-refractivity contribution in [1.29, 1.82) is 0 Å². The van der Waals surface area contributed by atoms with Crippen LogP contribution in [-0.4, -0.2) is 62.5 Å². The van der Waals surface area contributed by atoms with Crippen LogP contribution in [0.15, 0.2) is 135 Å². The molecule has 0 radical (unpaired) electrons. The molecule has 1 aliphatic carbocycles. The van der Waals surface area contributed by atoms with E-state index in [0.29, 0.717) is 41.2 Å². The van der Waals surface area contributed by atoms with Crippen molar-refractivity contribution in [2.24, 2.45) is 4.99 Å². The molecule has 2 atom stereocenters. The quantitative estimate of drug-likeness (QED) is 0.181. The van der Waals surface area contributed by atoms with Crippen molar-refractivity contribution in [2.45, 2.75) is 50.5 Å². The van der Waals surface area contributed by atoms with Gasteiger partial charge in [0.15, 0.2) is 5.66 Å². The Balaban J connectivity index is 1.37. The summed E-state index contributed by atoms with van der Waals surface area (Å²) in [6, 6.07) is 31.4. The number of rotatable bonds is 8. The predicted molar refractivity (Wildman–Crippen MR) is 204 cm³/mol. The highest BCUT2D eigenvalue weighted by molar-refractivity contribution is 6.07. The smallest absolute Gasteiger partial charge is 0.419 e. The Morgan fingerprint density at radius 3 is 2.25 bits per heavy atom. The van der Waals surface area contributed by atoms with Crippen molar-refractivity contribution < 1.29 is 23.8 Å². The molecular formula is C42H40N6O7. The van der Waals surface area contributed by atoms with E-state index in [1.165, 1.54) is 14.3 Å². The SMILES string of the molecule is COc1ccc(CN2C[C@]3(C=C4CCCCC4n4c(=O)n(-c5ccccc5)c(=O)n43)N(C(=O)OCc3ccccc3)C2=NC(=O)c2ccccc2)c(OC)c1. The minimum Gasteiger partial charge on any atom is -0.497 e. The first-order valence-electron chi connectivity index (χ1n) is 18.2. The Bertz CT molecular complexity index is 2420. The van der Waals surface area contributed by atoms with Crippen molar-refractivity contribution in [2.75, 3.05) is 20.8 Å². The van der Waals surface area contributed by atoms with E-state index >= 15 is 0 Å². The first-order valence-corrected chi connectivity index (χ1v) is 18.2. The molecule has 280 valence electrons. The Morgan fingerprint density at radius 1 is 0.836 bits per heavy atom. The lowest BCUT2D eigenvalue weighted by atomic mass is 9.86. The average molecular weight is 741 g/mol. The van der Waals surface area contributed by atoms with E-state index in [2.05, 4.69) is 4.99 Å². The second kappa shape index (κ2) is 14.7. The van der Waals surface area contributed by atoms with E-state index in [9.17, 15) is 19.2 Å². The fourth-order valence-corrected chi connectivity index (χ4v) is 7.91. The van der Waals surface area contributed by atoms with Gasteiger partial charge < -0.3 is 19.1 Å². The number of aliphatic imine (C=N–C) groups is 1. The number of methoxy groups -OCH3 is 2. The first-order chi connectivity index (χ1) is 26.8. The third kappa shape index (κ3) is 6.30. The molecule has 0 N–H and O–H groups in total. The van der Waals surface area contributed by atoms with Gasteiger partial charge in [-0.2, -0.15) is 9.67 Å². The summed E-state index contributed by atoms with van der Waals surface area (Å²) in [5.74, 6) is 0.432. The maximum Gasteiger partial charge on any atom is 0.419 e. The molecule has 3 aliphatic rings. The minimum atomic E-state index is -1.68. The summed E-state index contributed by atoms with van der Waals surface area (Å²) in [5, 5.41) is 0. The monoisotopic (exact) mass is 740 g/mol. The number of benzene rings is 4. The summed E-state index contributed by atoms with van der Waals surface area (Å²) in [4.78, 5) is 66.1. The normalized spacial score (nSPS) is 19.5. The van der Waals surface area contributed by atoms with Crippen LogP contribution in [-0.2, 0) is 23.6 Å². The van der Waals surface area contributed by atoms with Crippen molar-refractivity contribution in [1.82, 2.24) is 23.7 Å². The lowest BCUT2D eigenvalue weighted by molar-refractivity contribution is 0.0586. The predicted octanol–water partition coefficient (Wildman–Crippen LogP) is 5.88. The Kier molecular flexibility index (Phi) is 9.43. The van der Waals surface area contributed by atoms with Crippen LogP contribution in [0.25, 0.3) is 5.69 Å². The lowest BCUT2D eigenvalue weighted by Gasteiger charge is -2.42. The van der Waals surface area contributed by atoms with E-state index in [4.69, 9.17) is 14.2 Å². The van der Waals surface area contributed by atoms with Crippen molar-refractivity contribution >= 4 is 18.0 Å². The summed E-state index contributed by atoms with van der Waals surface area (Å²) in [7, 11) is 3.11. The summed E-state index contributed by atoms with van der Waals surface area (Å²) in [5.41, 5.74) is 0.192. The number of nitrogens with zero attached hydrogens (tertiary/aromatic N) is 6. The molecule has 8 rings (SSSR count). The van der Waals surface area contributed by atoms with Crippen LogP contribution in [0.5, 0.6) is 11.5 Å². The molecule has 1 saturated heterocycles. The second-order valence-electron chi connectivity index (χ2n) is 13.7. The first kappa shape index (κ1) is 35.4. The number of ether oxygens (including phenoxy) is 3. The van der Waals surface area contributed by atoms with Gasteiger partial charge in [-0.05, 0) is 72.9 Å². The van der Waals surface area contributed by atoms with E-state index in [0.717, 1.165) is 28.5 Å². The van der Waals surface area contributed by atoms with Gasteiger partial charge in [0.05, 0.1) is 32.5 Å². The topological polar surface area (TPSA) is 130 Å². The van der Waals surface area contributed by atoms with Crippen LogP contribution in [0.4, 0.5) is 4.79 Å². The third-order valence-electron chi connectivity index (χ3n) is 10.4. The van der Waals surface area contributed by atoms with Crippen LogP contribution in [0, 0.1) is 0 Å². The fourth-order valence-electron chi connectivity index (χ4n) is 7.91. The molecule has 5 aromatic rings. The molecule has 13 nitrogen and oxygen atoms in total. The highest BCUT2D eigenvalue weighted by Gasteiger charge is 2.58. The summed E-state index contributed by atoms with van der Waals surface area (Å²) >= 11 is 0. The highest BCUT2D eigenvalue weighted by atomic mass is 16.6. The molecule has 1 aromatic heterocycles. The molecule has 2 amide bonds. The van der Waals surface area contributed by atoms with Crippen LogP contribution in [0.2, 0.25) is 0 Å². The Morgan fingerprint density at radius 2 is 1.55 bits per heavy atom. The molecule has 4 aromatic carbocycles. The summed E-state index contributed by atoms with van der Waals surface area (Å²) < 4.78 is 21.3. The Hall–Kier alpha value is -6.63. The van der Waals surface area contributed by atoms with E-state index in [1.54, 1.807) is 85.8 Å². The number of carbonyl (C=O) groups is 2. The van der Waals surface area contributed by atoms with Crippen molar-refractivity contribution in [3.8, 4) is 17.2 Å². The van der Waals surface area contributed by atoms with Gasteiger partial charge in [0, 0.05) is 23.7 Å². The molecule has 3 heterocycles. The Labute approximate surface area is 316 Å². The van der Waals surface area contributed by atoms with Gasteiger partial charge in [0.25, 0.3) is 5.91 Å². The van der Waals surface area contributed by atoms with E-state index in [-0.39, 0.29) is 25.7 Å². The lowest BCUT2D eigenvalue weighted by Crippen LogP contribution is -2.59. The zero-order chi connectivity index (χ0) is 38.1. The van der Waals surface area contributed by atoms with Gasteiger partial charge in [-0.15, -0.1) is 0 Å². The van der Waals surface area contributed by atoms with Gasteiger partial charge in [-0.3, -0.25) is 4.79 Å². The van der Waals surface area contributed by atoms with Crippen LogP contribution in [0.3, 0.4) is 0 Å². The number of fused-ring (bicyclic) bond motifs is 4. The van der Waals surface area contributed by atoms with Gasteiger partial charge in [-0.1, -0.05) is 73.2 Å². The molecule has 13 heteroatoms. The highest BCUT2D eigenvalue weighted by Crippen LogP contribution is 2.44. The number of hydrogen-bond acceptors (Lipinski definition) is 7. The molecule has 1 spiro atoms. The van der Waals surface area contributed by atoms with Crippen LogP contribution < -0.4 is 20.9 Å². The standard InChI is InChI=1S/C42H40N6O7/c1-53-34-23-22-32(36(24-34)54-2)26-44-28-42(25-31-18-12-13-21-35(31)47-39(50)45(40(51)48(42)47)33-19-10-5-11-20-33)46(41(52)55-27-29-14-6-3-7-15-29)38(44)43-37(49)30-16-8-4-9-17-30/h3-11,14-17,19-20,22-25,35H,12-13,18,21,26-28H2,1-2H3/t35?,42-/m1/s1. The number of guanidine groups is 1. The summed E-state index contributed by atoms with van der Waals surface area (Å²) in [6.45, 7) is -0.0500. The summed E-state index contributed by atoms with van der Waals surface area (Å²) in [6.07, 6.45) is 4.09. The maximum atomic E-state index is 14.9. The molecule has 1 saturated carbocycles. The molecular weight excluding hydrogens is 700 g/mol. The van der Waals surface area contributed by atoms with E-state index < -0.39 is 35.1 Å². The molecule has 2 aliphatic heterocycles. The van der Waals surface area contributed by atoms with Gasteiger partial charge in [-0.25, -0.2) is 28.5 Å². The number of para-hydroxylation sites is 1. The van der Waals surface area contributed by atoms with Crippen molar-refractivity contribution in [3.63, 3.8) is 0 Å². The number of allylic oxidation sites excluding steroid dienone is 1. The van der Waals surface area contributed by atoms with Crippen LogP contribution >= 0.6 is 0 Å². The third-order valence-corrected chi connectivity index (χ3v) is 10.4. The fraction of sp³-hybridized carbons (Fsp3) is 0.262. The molecule has 1 unspecified atom stereocenters. The van der Waals surface area contributed by atoms with Crippen LogP contribution in [0.1, 0.15) is 53.2 Å². The molecule has 0 bridgehead atoms. The minimum absolute atomic E-state index is 0.0470. The average Bonchev–Trinajstić information content (AvgIpc) is 3.67. The van der Waals surface area contributed by atoms with Gasteiger partial charge in [0.1, 0.15) is 18.1 Å². The molecule has 2 fully saturated rings. The van der Waals surface area contributed by atoms with Gasteiger partial charge >= 0.3 is 17.5 Å². The zero-order valence-electron chi connectivity index (χ0n) is 30.5. The number of carbonyl (C=O) groups excluding carboxylic acids is 2. The van der Waals surface area contributed by atoms with Crippen molar-refractivity contribution in [3.05, 3.63) is 159 Å². The number of hydrogen-bond donors (Lipinski definition) is 0. The van der Waals surface area contributed by atoms with Gasteiger partial charge in [0.2, 0.25) is 5.96 Å². The molecule has 55 heavy (non-hydrogen) atoms. The van der Waals surface area contributed by atoms with E-state index in [1.807, 2.05) is 48.5 Å². The number of aromatic nitrogens is 3. The largest absolute Gasteiger partial charge is 0.497 e. The maximum absolute atomic E-state index is 14.9. The zero-order valence-corrected chi connectivity index (χ0v) is 30.5. The number of amides is 2. The second-order valence-corrected chi connectivity index (χ2v) is 13.7.